The molecule has 80 valence electrons. The highest BCUT2D eigenvalue weighted by atomic mass is 16.2. The van der Waals surface area contributed by atoms with Crippen LogP contribution in [0.5, 0.6) is 0 Å². The molecule has 1 saturated heterocycles. The molecule has 1 aliphatic carbocycles. The molecular formula is C11H20N2O. The normalized spacial score (nSPS) is 28.2. The lowest BCUT2D eigenvalue weighted by Crippen LogP contribution is -2.51. The maximum atomic E-state index is 12.0. The van der Waals surface area contributed by atoms with E-state index < -0.39 is 0 Å². The number of hydrogen-bond donors (Lipinski definition) is 1. The maximum Gasteiger partial charge on any atom is 0.239 e. The van der Waals surface area contributed by atoms with Crippen LogP contribution in [-0.4, -0.2) is 36.5 Å². The Hall–Kier alpha value is -0.570. The monoisotopic (exact) mass is 196 g/mol. The van der Waals surface area contributed by atoms with Gasteiger partial charge in [-0.3, -0.25) is 4.79 Å². The molecule has 1 atom stereocenters. The summed E-state index contributed by atoms with van der Waals surface area (Å²) in [5.41, 5.74) is 0. The molecular weight excluding hydrogens is 176 g/mol. The number of nitrogens with zero attached hydrogens (tertiary/aromatic N) is 1. The Labute approximate surface area is 85.8 Å². The molecule has 3 heteroatoms. The van der Waals surface area contributed by atoms with Crippen LogP contribution in [-0.2, 0) is 4.79 Å². The Morgan fingerprint density at radius 3 is 2.50 bits per heavy atom. The molecule has 0 aromatic carbocycles. The van der Waals surface area contributed by atoms with Crippen LogP contribution in [0.25, 0.3) is 0 Å². The van der Waals surface area contributed by atoms with Gasteiger partial charge in [0, 0.05) is 13.1 Å². The largest absolute Gasteiger partial charge is 0.341 e. The van der Waals surface area contributed by atoms with Crippen molar-refractivity contribution < 1.29 is 4.79 Å². The summed E-state index contributed by atoms with van der Waals surface area (Å²) in [4.78, 5) is 14.0. The minimum absolute atomic E-state index is 0.106. The van der Waals surface area contributed by atoms with E-state index in [-0.39, 0.29) is 6.04 Å². The molecule has 0 spiro atoms. The lowest BCUT2D eigenvalue weighted by molar-refractivity contribution is -0.136. The van der Waals surface area contributed by atoms with E-state index in [1.807, 2.05) is 11.9 Å². The molecule has 1 N–H and O–H groups in total. The summed E-state index contributed by atoms with van der Waals surface area (Å²) in [6.45, 7) is 1.01. The molecule has 3 nitrogen and oxygen atoms in total. The first-order valence-corrected chi connectivity index (χ1v) is 5.79. The second-order valence-electron chi connectivity index (χ2n) is 4.54. The van der Waals surface area contributed by atoms with E-state index in [0.717, 1.165) is 13.0 Å². The first kappa shape index (κ1) is 9.97. The van der Waals surface area contributed by atoms with Crippen molar-refractivity contribution in [2.24, 2.45) is 0 Å². The van der Waals surface area contributed by atoms with E-state index >= 15 is 0 Å². The zero-order chi connectivity index (χ0) is 9.97. The number of likely N-dealkylation sites (N-methyl/N-ethyl adjacent to an activating group) is 1. The lowest BCUT2D eigenvalue weighted by atomic mass is 9.91. The first-order chi connectivity index (χ1) is 6.79. The molecule has 1 aliphatic heterocycles. The van der Waals surface area contributed by atoms with Crippen molar-refractivity contribution in [1.29, 1.82) is 0 Å². The minimum atomic E-state index is 0.106. The minimum Gasteiger partial charge on any atom is -0.341 e. The van der Waals surface area contributed by atoms with Crippen molar-refractivity contribution >= 4 is 5.91 Å². The number of piperidine rings is 1. The molecule has 14 heavy (non-hydrogen) atoms. The number of amides is 1. The van der Waals surface area contributed by atoms with Crippen molar-refractivity contribution in [2.45, 2.75) is 50.6 Å². The van der Waals surface area contributed by atoms with Crippen LogP contribution in [0.1, 0.15) is 38.5 Å². The standard InChI is InChI=1S/C11H20N2O/c1-13(9-5-4-6-9)11(14)10-7-2-3-8-12-10/h9-10,12H,2-8H2,1H3. The van der Waals surface area contributed by atoms with Gasteiger partial charge >= 0.3 is 0 Å². The van der Waals surface area contributed by atoms with Gasteiger partial charge in [-0.2, -0.15) is 0 Å². The summed E-state index contributed by atoms with van der Waals surface area (Å²) in [7, 11) is 1.96. The fraction of sp³-hybridized carbons (Fsp3) is 0.909. The Balaban J connectivity index is 1.85. The maximum absolute atomic E-state index is 12.0. The summed E-state index contributed by atoms with van der Waals surface area (Å²) < 4.78 is 0. The SMILES string of the molecule is CN(C(=O)C1CCCCN1)C1CCC1. The van der Waals surface area contributed by atoms with E-state index in [2.05, 4.69) is 5.32 Å². The van der Waals surface area contributed by atoms with Crippen molar-refractivity contribution in [3.8, 4) is 0 Å². The molecule has 2 fully saturated rings. The molecule has 0 radical (unpaired) electrons. The third-order valence-electron chi connectivity index (χ3n) is 3.58. The van der Waals surface area contributed by atoms with Gasteiger partial charge in [0.15, 0.2) is 0 Å². The molecule has 0 aromatic heterocycles. The summed E-state index contributed by atoms with van der Waals surface area (Å²) in [5, 5.41) is 3.31. The average molecular weight is 196 g/mol. The van der Waals surface area contributed by atoms with E-state index in [1.54, 1.807) is 0 Å². The van der Waals surface area contributed by atoms with Gasteiger partial charge in [0.25, 0.3) is 0 Å². The summed E-state index contributed by atoms with van der Waals surface area (Å²) >= 11 is 0. The van der Waals surface area contributed by atoms with Crippen LogP contribution in [0.3, 0.4) is 0 Å². The van der Waals surface area contributed by atoms with Crippen LogP contribution in [0.2, 0.25) is 0 Å². The highest BCUT2D eigenvalue weighted by Crippen LogP contribution is 2.24. The number of carbonyl (C=O) groups is 1. The molecule has 2 rings (SSSR count). The molecule has 1 heterocycles. The number of hydrogen-bond acceptors (Lipinski definition) is 2. The van der Waals surface area contributed by atoms with Gasteiger partial charge in [0.2, 0.25) is 5.91 Å². The number of carbonyl (C=O) groups excluding carboxylic acids is 1. The zero-order valence-corrected chi connectivity index (χ0v) is 8.96. The predicted octanol–water partition coefficient (Wildman–Crippen LogP) is 1.14. The Kier molecular flexibility index (Phi) is 3.06. The van der Waals surface area contributed by atoms with Gasteiger partial charge in [-0.15, -0.1) is 0 Å². The van der Waals surface area contributed by atoms with Gasteiger partial charge in [-0.25, -0.2) is 0 Å². The van der Waals surface area contributed by atoms with Crippen molar-refractivity contribution in [3.05, 3.63) is 0 Å². The third kappa shape index (κ3) is 1.92. The van der Waals surface area contributed by atoms with Crippen molar-refractivity contribution in [3.63, 3.8) is 0 Å². The molecule has 0 bridgehead atoms. The highest BCUT2D eigenvalue weighted by Gasteiger charge is 2.30. The smallest absolute Gasteiger partial charge is 0.239 e. The van der Waals surface area contributed by atoms with E-state index in [1.165, 1.54) is 32.1 Å². The zero-order valence-electron chi connectivity index (χ0n) is 8.96. The van der Waals surface area contributed by atoms with Crippen molar-refractivity contribution in [1.82, 2.24) is 10.2 Å². The van der Waals surface area contributed by atoms with Gasteiger partial charge < -0.3 is 10.2 Å². The van der Waals surface area contributed by atoms with Crippen LogP contribution < -0.4 is 5.32 Å². The summed E-state index contributed by atoms with van der Waals surface area (Å²) in [6, 6.07) is 0.639. The molecule has 1 unspecified atom stereocenters. The molecule has 2 aliphatic rings. The van der Waals surface area contributed by atoms with Gasteiger partial charge in [-0.1, -0.05) is 6.42 Å². The van der Waals surface area contributed by atoms with Gasteiger partial charge in [0.1, 0.15) is 0 Å². The highest BCUT2D eigenvalue weighted by molar-refractivity contribution is 5.82. The second-order valence-corrected chi connectivity index (χ2v) is 4.54. The first-order valence-electron chi connectivity index (χ1n) is 5.79. The van der Waals surface area contributed by atoms with E-state index in [9.17, 15) is 4.79 Å². The summed E-state index contributed by atoms with van der Waals surface area (Å²) in [6.07, 6.45) is 7.14. The van der Waals surface area contributed by atoms with Crippen molar-refractivity contribution in [2.75, 3.05) is 13.6 Å². The van der Waals surface area contributed by atoms with Gasteiger partial charge in [0.05, 0.1) is 6.04 Å². The Morgan fingerprint density at radius 2 is 2.00 bits per heavy atom. The van der Waals surface area contributed by atoms with Crippen LogP contribution in [0, 0.1) is 0 Å². The average Bonchev–Trinajstić information content (AvgIpc) is 2.15. The topological polar surface area (TPSA) is 32.3 Å². The van der Waals surface area contributed by atoms with E-state index in [0.29, 0.717) is 11.9 Å². The van der Waals surface area contributed by atoms with E-state index in [4.69, 9.17) is 0 Å². The number of rotatable bonds is 2. The van der Waals surface area contributed by atoms with Crippen LogP contribution >= 0.6 is 0 Å². The quantitative estimate of drug-likeness (QED) is 0.718. The van der Waals surface area contributed by atoms with Crippen LogP contribution in [0.15, 0.2) is 0 Å². The summed E-state index contributed by atoms with van der Waals surface area (Å²) in [5.74, 6) is 0.314. The van der Waals surface area contributed by atoms with Gasteiger partial charge in [-0.05, 0) is 38.6 Å². The molecule has 0 aromatic rings. The third-order valence-corrected chi connectivity index (χ3v) is 3.58. The lowest BCUT2D eigenvalue weighted by Gasteiger charge is -2.37. The Morgan fingerprint density at radius 1 is 1.21 bits per heavy atom. The molecule has 1 amide bonds. The molecule has 1 saturated carbocycles. The number of nitrogens with one attached hydrogen (secondary N) is 1. The fourth-order valence-corrected chi connectivity index (χ4v) is 2.26. The fourth-order valence-electron chi connectivity index (χ4n) is 2.26. The van der Waals surface area contributed by atoms with Crippen LogP contribution in [0.4, 0.5) is 0 Å². The Bertz CT molecular complexity index is 203. The second kappa shape index (κ2) is 4.30. The predicted molar refractivity (Wildman–Crippen MR) is 56.1 cm³/mol.